The third-order valence-corrected chi connectivity index (χ3v) is 5.30. The quantitative estimate of drug-likeness (QED) is 0.204. The molecule has 0 aliphatic carbocycles. The van der Waals surface area contributed by atoms with Crippen LogP contribution in [0, 0.1) is 0 Å². The van der Waals surface area contributed by atoms with E-state index in [9.17, 15) is 14.7 Å². The summed E-state index contributed by atoms with van der Waals surface area (Å²) in [6, 6.07) is 8.53. The number of benzene rings is 1. The second kappa shape index (κ2) is 18.4. The lowest BCUT2D eigenvalue weighted by atomic mass is 10.1. The number of amides is 1. The van der Waals surface area contributed by atoms with Crippen LogP contribution in [0.1, 0.15) is 89.5 Å². The van der Waals surface area contributed by atoms with Crippen LogP contribution in [0.3, 0.4) is 0 Å². The predicted octanol–water partition coefficient (Wildman–Crippen LogP) is 6.61. The maximum Gasteiger partial charge on any atom is 0.326 e. The molecule has 0 aromatic heterocycles. The van der Waals surface area contributed by atoms with Crippen molar-refractivity contribution in [1.82, 2.24) is 5.32 Å². The van der Waals surface area contributed by atoms with E-state index in [2.05, 4.69) is 36.5 Å². The predicted molar refractivity (Wildman–Crippen MR) is 129 cm³/mol. The largest absolute Gasteiger partial charge is 0.480 e. The molecular weight excluding hydrogens is 386 g/mol. The maximum absolute atomic E-state index is 12.1. The van der Waals surface area contributed by atoms with Gasteiger partial charge >= 0.3 is 5.97 Å². The van der Waals surface area contributed by atoms with Crippen molar-refractivity contribution in [3.63, 3.8) is 0 Å². The number of carbonyl (C=O) groups is 2. The van der Waals surface area contributed by atoms with Gasteiger partial charge in [-0.15, -0.1) is 0 Å². The number of rotatable bonds is 18. The van der Waals surface area contributed by atoms with Crippen molar-refractivity contribution >= 4 is 11.9 Å². The highest BCUT2D eigenvalue weighted by Crippen LogP contribution is 2.10. The van der Waals surface area contributed by atoms with Gasteiger partial charge in [-0.05, 0) is 37.7 Å². The molecule has 0 spiro atoms. The topological polar surface area (TPSA) is 66.4 Å². The molecule has 2 N–H and O–H groups in total. The third kappa shape index (κ3) is 15.1. The van der Waals surface area contributed by atoms with Crippen molar-refractivity contribution in [2.45, 2.75) is 96.4 Å². The highest BCUT2D eigenvalue weighted by Gasteiger charge is 2.19. The first-order valence-electron chi connectivity index (χ1n) is 12.0. The number of nitrogens with one attached hydrogen (secondary N) is 1. The Bertz CT molecular complexity index is 652. The molecule has 1 aromatic rings. The molecule has 0 radical (unpaired) electrons. The van der Waals surface area contributed by atoms with Gasteiger partial charge in [-0.25, -0.2) is 4.79 Å². The number of hydrogen-bond donors (Lipinski definition) is 2. The lowest BCUT2D eigenvalue weighted by Crippen LogP contribution is -2.42. The average Bonchev–Trinajstić information content (AvgIpc) is 2.76. The Morgan fingerprint density at radius 2 is 1.45 bits per heavy atom. The van der Waals surface area contributed by atoms with Gasteiger partial charge in [0.2, 0.25) is 5.91 Å². The number of carbonyl (C=O) groups excluding carboxylic acids is 1. The van der Waals surface area contributed by atoms with E-state index in [1.165, 1.54) is 44.9 Å². The van der Waals surface area contributed by atoms with Gasteiger partial charge in [0.05, 0.1) is 0 Å². The summed E-state index contributed by atoms with van der Waals surface area (Å²) in [6.45, 7) is 2.23. The van der Waals surface area contributed by atoms with Gasteiger partial charge in [-0.1, -0.05) is 100 Å². The minimum atomic E-state index is -0.988. The molecule has 1 atom stereocenters. The summed E-state index contributed by atoms with van der Waals surface area (Å²) in [5, 5.41) is 12.0. The number of carboxylic acids is 1. The Hall–Kier alpha value is -2.36. The van der Waals surface area contributed by atoms with Crippen LogP contribution in [-0.2, 0) is 16.0 Å². The first-order valence-corrected chi connectivity index (χ1v) is 12.0. The molecule has 1 aromatic carbocycles. The Morgan fingerprint density at radius 1 is 0.871 bits per heavy atom. The van der Waals surface area contributed by atoms with Gasteiger partial charge in [0.15, 0.2) is 0 Å². The van der Waals surface area contributed by atoms with Crippen molar-refractivity contribution in [2.24, 2.45) is 0 Å². The number of hydrogen-bond acceptors (Lipinski definition) is 2. The zero-order valence-electron chi connectivity index (χ0n) is 19.2. The summed E-state index contributed by atoms with van der Waals surface area (Å²) in [6.07, 6.45) is 22.3. The van der Waals surface area contributed by atoms with Crippen molar-refractivity contribution in [1.29, 1.82) is 0 Å². The number of unbranched alkanes of at least 4 members (excludes halogenated alkanes) is 9. The van der Waals surface area contributed by atoms with Crippen LogP contribution < -0.4 is 5.32 Å². The van der Waals surface area contributed by atoms with E-state index in [0.717, 1.165) is 31.2 Å². The van der Waals surface area contributed by atoms with E-state index in [4.69, 9.17) is 0 Å². The molecule has 4 nitrogen and oxygen atoms in total. The number of allylic oxidation sites excluding steroid dienone is 4. The molecule has 4 heteroatoms. The fourth-order valence-electron chi connectivity index (χ4n) is 3.43. The second-order valence-corrected chi connectivity index (χ2v) is 8.16. The highest BCUT2D eigenvalue weighted by molar-refractivity contribution is 5.83. The number of carboxylic acid groups (broad SMARTS) is 1. The van der Waals surface area contributed by atoms with Crippen molar-refractivity contribution < 1.29 is 14.7 Å². The molecule has 1 rings (SSSR count). The van der Waals surface area contributed by atoms with Gasteiger partial charge in [0.1, 0.15) is 6.04 Å². The molecule has 0 bridgehead atoms. The second-order valence-electron chi connectivity index (χ2n) is 8.16. The molecule has 1 amide bonds. The SMILES string of the molecule is CCCCC/C=C\C=C\CCCCCCCCC(=O)NC(Cc1ccccc1)C(=O)O. The Balaban J connectivity index is 2.03. The minimum Gasteiger partial charge on any atom is -0.480 e. The Morgan fingerprint density at radius 3 is 2.06 bits per heavy atom. The van der Waals surface area contributed by atoms with Crippen LogP contribution in [0.2, 0.25) is 0 Å². The summed E-state index contributed by atoms with van der Waals surface area (Å²) in [5.41, 5.74) is 0.910. The molecule has 31 heavy (non-hydrogen) atoms. The Kier molecular flexibility index (Phi) is 15.8. The summed E-state index contributed by atoms with van der Waals surface area (Å²) in [5.74, 6) is -1.16. The molecule has 0 aliphatic heterocycles. The molecule has 0 saturated carbocycles. The molecule has 1 unspecified atom stereocenters. The van der Waals surface area contributed by atoms with Crippen LogP contribution in [-0.4, -0.2) is 23.0 Å². The van der Waals surface area contributed by atoms with Gasteiger partial charge < -0.3 is 10.4 Å². The fourth-order valence-corrected chi connectivity index (χ4v) is 3.43. The van der Waals surface area contributed by atoms with Crippen molar-refractivity contribution in [3.8, 4) is 0 Å². The molecule has 0 aliphatic rings. The molecule has 172 valence electrons. The fraction of sp³-hybridized carbons (Fsp3) is 0.556. The van der Waals surface area contributed by atoms with Crippen LogP contribution in [0.15, 0.2) is 54.6 Å². The van der Waals surface area contributed by atoms with Crippen LogP contribution in [0.25, 0.3) is 0 Å². The third-order valence-electron chi connectivity index (χ3n) is 5.30. The first kappa shape index (κ1) is 26.7. The molecule has 0 saturated heterocycles. The van der Waals surface area contributed by atoms with Crippen molar-refractivity contribution in [2.75, 3.05) is 0 Å². The summed E-state index contributed by atoms with van der Waals surface area (Å²) in [4.78, 5) is 23.5. The number of aliphatic carboxylic acids is 1. The summed E-state index contributed by atoms with van der Waals surface area (Å²) in [7, 11) is 0. The van der Waals surface area contributed by atoms with Gasteiger partial charge in [-0.3, -0.25) is 4.79 Å². The standard InChI is InChI=1S/C27H41NO3/c1-2-3-4-5-6-7-8-9-10-11-12-13-14-15-19-22-26(29)28-25(27(30)31)23-24-20-17-16-18-21-24/h6-9,16-18,20-21,25H,2-5,10-15,19,22-23H2,1H3,(H,28,29)(H,30,31)/b7-6-,9-8+. The van der Waals surface area contributed by atoms with Gasteiger partial charge in [-0.2, -0.15) is 0 Å². The molecule has 0 heterocycles. The molecular formula is C27H41NO3. The Labute approximate surface area is 188 Å². The summed E-state index contributed by atoms with van der Waals surface area (Å²) < 4.78 is 0. The van der Waals surface area contributed by atoms with Gasteiger partial charge in [0, 0.05) is 12.8 Å². The average molecular weight is 428 g/mol. The van der Waals surface area contributed by atoms with E-state index in [-0.39, 0.29) is 5.91 Å². The van der Waals surface area contributed by atoms with Crippen molar-refractivity contribution in [3.05, 3.63) is 60.2 Å². The smallest absolute Gasteiger partial charge is 0.326 e. The minimum absolute atomic E-state index is 0.170. The summed E-state index contributed by atoms with van der Waals surface area (Å²) >= 11 is 0. The zero-order chi connectivity index (χ0) is 22.6. The lowest BCUT2D eigenvalue weighted by molar-refractivity contribution is -0.141. The van der Waals surface area contributed by atoms with Gasteiger partial charge in [0.25, 0.3) is 0 Å². The van der Waals surface area contributed by atoms with E-state index in [1.807, 2.05) is 30.3 Å². The van der Waals surface area contributed by atoms with E-state index >= 15 is 0 Å². The maximum atomic E-state index is 12.1. The monoisotopic (exact) mass is 427 g/mol. The normalized spacial score (nSPS) is 12.4. The van der Waals surface area contributed by atoms with Crippen LogP contribution in [0.5, 0.6) is 0 Å². The zero-order valence-corrected chi connectivity index (χ0v) is 19.2. The lowest BCUT2D eigenvalue weighted by Gasteiger charge is -2.14. The first-order chi connectivity index (χ1) is 15.1. The van der Waals surface area contributed by atoms with Crippen LogP contribution >= 0.6 is 0 Å². The van der Waals surface area contributed by atoms with E-state index in [0.29, 0.717) is 12.8 Å². The van der Waals surface area contributed by atoms with E-state index < -0.39 is 12.0 Å². The molecule has 0 fully saturated rings. The van der Waals surface area contributed by atoms with E-state index in [1.54, 1.807) is 0 Å². The highest BCUT2D eigenvalue weighted by atomic mass is 16.4. The van der Waals surface area contributed by atoms with Crippen LogP contribution in [0.4, 0.5) is 0 Å².